The Morgan fingerprint density at radius 1 is 1.55 bits per heavy atom. The van der Waals surface area contributed by atoms with Crippen LogP contribution in [0.3, 0.4) is 0 Å². The predicted molar refractivity (Wildman–Crippen MR) is 82.3 cm³/mol. The van der Waals surface area contributed by atoms with E-state index < -0.39 is 0 Å². The van der Waals surface area contributed by atoms with Crippen molar-refractivity contribution >= 4 is 29.7 Å². The second kappa shape index (κ2) is 7.83. The average molecular weight is 321 g/mol. The molecule has 1 fully saturated rings. The molecule has 1 aliphatic heterocycles. The van der Waals surface area contributed by atoms with Crippen molar-refractivity contribution in [1.29, 1.82) is 0 Å². The Bertz CT molecular complexity index is 433. The van der Waals surface area contributed by atoms with Gasteiger partial charge in [0.1, 0.15) is 5.75 Å². The highest BCUT2D eigenvalue weighted by Crippen LogP contribution is 2.22. The van der Waals surface area contributed by atoms with E-state index in [4.69, 9.17) is 9.47 Å². The molecular weight excluding hydrogens is 300 g/mol. The second-order valence-corrected chi connectivity index (χ2v) is 5.69. The van der Waals surface area contributed by atoms with Crippen LogP contribution in [-0.2, 0) is 4.74 Å². The summed E-state index contributed by atoms with van der Waals surface area (Å²) < 4.78 is 10.3. The van der Waals surface area contributed by atoms with E-state index in [1.807, 2.05) is 5.38 Å². The normalized spacial score (nSPS) is 21.3. The van der Waals surface area contributed by atoms with Crippen LogP contribution in [0.25, 0.3) is 0 Å². The lowest BCUT2D eigenvalue weighted by atomic mass is 9.98. The summed E-state index contributed by atoms with van der Waals surface area (Å²) in [5.74, 6) is 0.665. The number of nitrogens with one attached hydrogen (secondary N) is 2. The molecule has 1 saturated heterocycles. The molecular formula is C13H21ClN2O3S. The number of carbonyl (C=O) groups is 1. The fraction of sp³-hybridized carbons (Fsp3) is 0.615. The van der Waals surface area contributed by atoms with Crippen molar-refractivity contribution < 1.29 is 14.3 Å². The van der Waals surface area contributed by atoms with Crippen molar-refractivity contribution in [3.8, 4) is 5.75 Å². The molecule has 5 nitrogen and oxygen atoms in total. The number of halogens is 1. The summed E-state index contributed by atoms with van der Waals surface area (Å²) in [6.45, 7) is 2.17. The van der Waals surface area contributed by atoms with Gasteiger partial charge in [0.05, 0.1) is 24.1 Å². The first kappa shape index (κ1) is 17.2. The molecule has 7 heteroatoms. The molecule has 1 aromatic heterocycles. The molecule has 0 spiro atoms. The summed E-state index contributed by atoms with van der Waals surface area (Å²) in [6.07, 6.45) is 2.14. The van der Waals surface area contributed by atoms with E-state index in [2.05, 4.69) is 10.6 Å². The molecule has 1 atom stereocenters. The maximum absolute atomic E-state index is 12.1. The number of thiophene rings is 1. The summed E-state index contributed by atoms with van der Waals surface area (Å²) in [5.41, 5.74) is -0.119. The van der Waals surface area contributed by atoms with Gasteiger partial charge in [0.2, 0.25) is 0 Å². The van der Waals surface area contributed by atoms with Gasteiger partial charge >= 0.3 is 0 Å². The molecule has 1 aromatic rings. The summed E-state index contributed by atoms with van der Waals surface area (Å²) in [7, 11) is 3.29. The van der Waals surface area contributed by atoms with Gasteiger partial charge < -0.3 is 20.1 Å². The zero-order valence-electron chi connectivity index (χ0n) is 11.7. The van der Waals surface area contributed by atoms with Crippen LogP contribution in [0, 0.1) is 0 Å². The number of hydrogen-bond donors (Lipinski definition) is 2. The van der Waals surface area contributed by atoms with E-state index in [0.717, 1.165) is 25.1 Å². The van der Waals surface area contributed by atoms with Gasteiger partial charge in [-0.3, -0.25) is 4.79 Å². The van der Waals surface area contributed by atoms with Gasteiger partial charge in [0.15, 0.2) is 0 Å². The van der Waals surface area contributed by atoms with Gasteiger partial charge in [-0.1, -0.05) is 0 Å². The summed E-state index contributed by atoms with van der Waals surface area (Å²) >= 11 is 1.39. The fourth-order valence-electron chi connectivity index (χ4n) is 2.35. The van der Waals surface area contributed by atoms with E-state index >= 15 is 0 Å². The molecule has 2 heterocycles. The van der Waals surface area contributed by atoms with Crippen LogP contribution >= 0.6 is 23.7 Å². The fourth-order valence-corrected chi connectivity index (χ4v) is 3.12. The lowest BCUT2D eigenvalue weighted by Crippen LogP contribution is -2.52. The van der Waals surface area contributed by atoms with Crippen LogP contribution in [-0.4, -0.2) is 45.4 Å². The van der Waals surface area contributed by atoms with Gasteiger partial charge in [-0.15, -0.1) is 23.7 Å². The summed E-state index contributed by atoms with van der Waals surface area (Å²) in [5, 5.41) is 8.24. The smallest absolute Gasteiger partial charge is 0.261 e. The van der Waals surface area contributed by atoms with Crippen LogP contribution in [0.1, 0.15) is 22.5 Å². The molecule has 0 aromatic carbocycles. The van der Waals surface area contributed by atoms with Gasteiger partial charge in [-0.25, -0.2) is 0 Å². The van der Waals surface area contributed by atoms with Gasteiger partial charge in [0.25, 0.3) is 5.91 Å². The van der Waals surface area contributed by atoms with E-state index in [1.165, 1.54) is 11.3 Å². The highest BCUT2D eigenvalue weighted by atomic mass is 35.5. The van der Waals surface area contributed by atoms with E-state index in [9.17, 15) is 4.79 Å². The van der Waals surface area contributed by atoms with Crippen LogP contribution in [0.15, 0.2) is 11.4 Å². The molecule has 114 valence electrons. The molecule has 0 aliphatic carbocycles. The number of rotatable bonds is 6. The monoisotopic (exact) mass is 320 g/mol. The summed E-state index contributed by atoms with van der Waals surface area (Å²) in [6, 6.07) is 1.76. The van der Waals surface area contributed by atoms with Crippen LogP contribution in [0.5, 0.6) is 5.75 Å². The van der Waals surface area contributed by atoms with Crippen LogP contribution < -0.4 is 15.4 Å². The third-order valence-electron chi connectivity index (χ3n) is 3.37. The van der Waals surface area contributed by atoms with Gasteiger partial charge in [0, 0.05) is 25.1 Å². The van der Waals surface area contributed by atoms with Crippen LogP contribution in [0.2, 0.25) is 0 Å². The number of amides is 1. The Morgan fingerprint density at radius 2 is 2.35 bits per heavy atom. The number of hydrogen-bond acceptors (Lipinski definition) is 5. The molecule has 1 amide bonds. The van der Waals surface area contributed by atoms with E-state index in [-0.39, 0.29) is 23.9 Å². The highest BCUT2D eigenvalue weighted by Gasteiger charge is 2.33. The number of carbonyl (C=O) groups excluding carboxylic acids is 1. The van der Waals surface area contributed by atoms with E-state index in [0.29, 0.717) is 18.0 Å². The molecule has 0 radical (unpaired) electrons. The molecule has 1 aliphatic rings. The first-order valence-electron chi connectivity index (χ1n) is 6.34. The predicted octanol–water partition coefficient (Wildman–Crippen LogP) is 1.68. The SMILES string of the molecule is COCC1(CNC(=O)c2cc(OC)cs2)CCCN1.Cl. The Kier molecular flexibility index (Phi) is 6.75. The lowest BCUT2D eigenvalue weighted by Gasteiger charge is -2.28. The third-order valence-corrected chi connectivity index (χ3v) is 4.28. The van der Waals surface area contributed by atoms with E-state index in [1.54, 1.807) is 20.3 Å². The molecule has 0 saturated carbocycles. The standard InChI is InChI=1S/C13H20N2O3S.ClH/c1-17-9-13(4-3-5-15-13)8-14-12(16)11-6-10(18-2)7-19-11;/h6-7,15H,3-5,8-9H2,1-2H3,(H,14,16);1H. The van der Waals surface area contributed by atoms with Crippen molar-refractivity contribution in [2.45, 2.75) is 18.4 Å². The van der Waals surface area contributed by atoms with Crippen molar-refractivity contribution in [3.63, 3.8) is 0 Å². The Hall–Kier alpha value is -0.820. The minimum atomic E-state index is -0.119. The molecule has 20 heavy (non-hydrogen) atoms. The highest BCUT2D eigenvalue weighted by molar-refractivity contribution is 7.12. The van der Waals surface area contributed by atoms with Crippen molar-refractivity contribution in [2.75, 3.05) is 33.9 Å². The molecule has 2 N–H and O–H groups in total. The van der Waals surface area contributed by atoms with Crippen molar-refractivity contribution in [2.24, 2.45) is 0 Å². The maximum Gasteiger partial charge on any atom is 0.261 e. The minimum Gasteiger partial charge on any atom is -0.496 e. The quantitative estimate of drug-likeness (QED) is 0.837. The summed E-state index contributed by atoms with van der Waals surface area (Å²) in [4.78, 5) is 12.7. The molecule has 0 bridgehead atoms. The zero-order valence-corrected chi connectivity index (χ0v) is 13.4. The number of methoxy groups -OCH3 is 2. The molecule has 2 rings (SSSR count). The Balaban J connectivity index is 0.00000200. The minimum absolute atomic E-state index is 0. The molecule has 1 unspecified atom stereocenters. The zero-order chi connectivity index (χ0) is 13.7. The Morgan fingerprint density at radius 3 is 2.90 bits per heavy atom. The average Bonchev–Trinajstić information content (AvgIpc) is 3.06. The maximum atomic E-state index is 12.1. The second-order valence-electron chi connectivity index (χ2n) is 4.78. The van der Waals surface area contributed by atoms with Gasteiger partial charge in [-0.2, -0.15) is 0 Å². The number of ether oxygens (including phenoxy) is 2. The lowest BCUT2D eigenvalue weighted by molar-refractivity contribution is 0.0895. The van der Waals surface area contributed by atoms with Crippen LogP contribution in [0.4, 0.5) is 0 Å². The topological polar surface area (TPSA) is 59.6 Å². The Labute approximate surface area is 129 Å². The van der Waals surface area contributed by atoms with Gasteiger partial charge in [-0.05, 0) is 19.4 Å². The largest absolute Gasteiger partial charge is 0.496 e. The first-order chi connectivity index (χ1) is 9.19. The van der Waals surface area contributed by atoms with Crippen molar-refractivity contribution in [3.05, 3.63) is 16.3 Å². The van der Waals surface area contributed by atoms with Crippen molar-refractivity contribution in [1.82, 2.24) is 10.6 Å². The third kappa shape index (κ3) is 4.09. The first-order valence-corrected chi connectivity index (χ1v) is 7.22.